The third-order valence-corrected chi connectivity index (χ3v) is 5.02. The van der Waals surface area contributed by atoms with Crippen LogP contribution in [0.3, 0.4) is 0 Å². The molecule has 6 heteroatoms. The molecule has 0 radical (unpaired) electrons. The lowest BCUT2D eigenvalue weighted by Crippen LogP contribution is -2.28. The van der Waals surface area contributed by atoms with Gasteiger partial charge in [-0.15, -0.1) is 10.2 Å². The Morgan fingerprint density at radius 3 is 2.44 bits per heavy atom. The van der Waals surface area contributed by atoms with Crippen LogP contribution in [0.1, 0.15) is 18.5 Å². The predicted molar refractivity (Wildman–Crippen MR) is 101 cm³/mol. The van der Waals surface area contributed by atoms with Gasteiger partial charge in [-0.25, -0.2) is 0 Å². The van der Waals surface area contributed by atoms with Gasteiger partial charge in [0.05, 0.1) is 11.8 Å². The second kappa shape index (κ2) is 7.98. The van der Waals surface area contributed by atoms with E-state index in [1.165, 1.54) is 17.3 Å². The Labute approximate surface area is 151 Å². The van der Waals surface area contributed by atoms with E-state index in [2.05, 4.69) is 29.3 Å². The van der Waals surface area contributed by atoms with Gasteiger partial charge in [0.2, 0.25) is 5.91 Å². The monoisotopic (exact) mass is 352 g/mol. The number of amides is 1. The standard InChI is InChI=1S/C19H20N4OS/c1-15(16-9-5-3-6-10-16)23-14-20-21-19(23)25-13-18(24)22(2)17-11-7-4-8-12-17/h3-12,14-15H,13H2,1-2H3. The molecule has 1 amide bonds. The molecular formula is C19H20N4OS. The maximum Gasteiger partial charge on any atom is 0.237 e. The van der Waals surface area contributed by atoms with Crippen molar-refractivity contribution in [3.63, 3.8) is 0 Å². The summed E-state index contributed by atoms with van der Waals surface area (Å²) in [6, 6.07) is 19.9. The van der Waals surface area contributed by atoms with Gasteiger partial charge in [-0.1, -0.05) is 60.3 Å². The second-order valence-electron chi connectivity index (χ2n) is 5.68. The molecule has 3 rings (SSSR count). The zero-order chi connectivity index (χ0) is 17.6. The minimum atomic E-state index is 0.0260. The second-order valence-corrected chi connectivity index (χ2v) is 6.63. The summed E-state index contributed by atoms with van der Waals surface area (Å²) in [6.07, 6.45) is 1.71. The topological polar surface area (TPSA) is 51.0 Å². The summed E-state index contributed by atoms with van der Waals surface area (Å²) < 4.78 is 2.00. The average Bonchev–Trinajstić information content (AvgIpc) is 3.15. The maximum absolute atomic E-state index is 12.4. The highest BCUT2D eigenvalue weighted by Crippen LogP contribution is 2.24. The van der Waals surface area contributed by atoms with E-state index >= 15 is 0 Å². The zero-order valence-corrected chi connectivity index (χ0v) is 15.1. The third kappa shape index (κ3) is 4.09. The van der Waals surface area contributed by atoms with Gasteiger partial charge in [0.25, 0.3) is 0 Å². The lowest BCUT2D eigenvalue weighted by Gasteiger charge is -2.18. The molecule has 0 aliphatic carbocycles. The summed E-state index contributed by atoms with van der Waals surface area (Å²) in [4.78, 5) is 14.1. The highest BCUT2D eigenvalue weighted by Gasteiger charge is 2.16. The number of nitrogens with zero attached hydrogens (tertiary/aromatic N) is 4. The van der Waals surface area contributed by atoms with E-state index in [1.807, 2.05) is 53.1 Å². The maximum atomic E-state index is 12.4. The van der Waals surface area contributed by atoms with Gasteiger partial charge in [0.1, 0.15) is 6.33 Å². The Morgan fingerprint density at radius 2 is 1.76 bits per heavy atom. The van der Waals surface area contributed by atoms with Crippen LogP contribution in [-0.2, 0) is 4.79 Å². The normalized spacial score (nSPS) is 11.9. The van der Waals surface area contributed by atoms with Gasteiger partial charge < -0.3 is 9.47 Å². The van der Waals surface area contributed by atoms with Crippen LogP contribution in [0.4, 0.5) is 5.69 Å². The molecule has 1 heterocycles. The molecule has 1 atom stereocenters. The number of thioether (sulfide) groups is 1. The lowest BCUT2D eigenvalue weighted by molar-refractivity contribution is -0.115. The molecule has 2 aromatic carbocycles. The zero-order valence-electron chi connectivity index (χ0n) is 14.2. The first-order valence-corrected chi connectivity index (χ1v) is 9.04. The molecule has 0 N–H and O–H groups in total. The molecule has 1 unspecified atom stereocenters. The van der Waals surface area contributed by atoms with Crippen LogP contribution in [0, 0.1) is 0 Å². The van der Waals surface area contributed by atoms with E-state index in [0.717, 1.165) is 10.8 Å². The van der Waals surface area contributed by atoms with Crippen LogP contribution >= 0.6 is 11.8 Å². The molecule has 128 valence electrons. The average molecular weight is 352 g/mol. The van der Waals surface area contributed by atoms with Gasteiger partial charge in [-0.3, -0.25) is 4.79 Å². The summed E-state index contributed by atoms with van der Waals surface area (Å²) in [5.41, 5.74) is 2.06. The minimum Gasteiger partial charge on any atom is -0.315 e. The summed E-state index contributed by atoms with van der Waals surface area (Å²) in [5, 5.41) is 8.93. The minimum absolute atomic E-state index is 0.0260. The van der Waals surface area contributed by atoms with Crippen molar-refractivity contribution in [3.8, 4) is 0 Å². The number of hydrogen-bond donors (Lipinski definition) is 0. The lowest BCUT2D eigenvalue weighted by atomic mass is 10.1. The Hall–Kier alpha value is -2.60. The SMILES string of the molecule is CC(c1ccccc1)n1cnnc1SCC(=O)N(C)c1ccccc1. The molecule has 5 nitrogen and oxygen atoms in total. The van der Waals surface area contributed by atoms with Crippen molar-refractivity contribution in [2.24, 2.45) is 0 Å². The van der Waals surface area contributed by atoms with E-state index < -0.39 is 0 Å². The number of aromatic nitrogens is 3. The summed E-state index contributed by atoms with van der Waals surface area (Å²) in [6.45, 7) is 2.10. The molecule has 0 spiro atoms. The first kappa shape index (κ1) is 17.2. The van der Waals surface area contributed by atoms with Crippen LogP contribution in [0.5, 0.6) is 0 Å². The molecule has 1 aromatic heterocycles. The quantitative estimate of drug-likeness (QED) is 0.636. The summed E-state index contributed by atoms with van der Waals surface area (Å²) in [7, 11) is 1.79. The molecule has 25 heavy (non-hydrogen) atoms. The third-order valence-electron chi connectivity index (χ3n) is 4.08. The number of para-hydroxylation sites is 1. The van der Waals surface area contributed by atoms with E-state index in [4.69, 9.17) is 0 Å². The van der Waals surface area contributed by atoms with Crippen LogP contribution in [0.2, 0.25) is 0 Å². The van der Waals surface area contributed by atoms with Crippen molar-refractivity contribution < 1.29 is 4.79 Å². The Kier molecular flexibility index (Phi) is 5.50. The molecule has 0 saturated carbocycles. The van der Waals surface area contributed by atoms with E-state index in [1.54, 1.807) is 18.3 Å². The van der Waals surface area contributed by atoms with Gasteiger partial charge in [0, 0.05) is 12.7 Å². The number of rotatable bonds is 6. The number of carbonyl (C=O) groups is 1. The van der Waals surface area contributed by atoms with Crippen LogP contribution in [0.15, 0.2) is 72.1 Å². The largest absolute Gasteiger partial charge is 0.315 e. The first-order valence-electron chi connectivity index (χ1n) is 8.05. The highest BCUT2D eigenvalue weighted by atomic mass is 32.2. The predicted octanol–water partition coefficient (Wildman–Crippen LogP) is 3.64. The number of hydrogen-bond acceptors (Lipinski definition) is 4. The van der Waals surface area contributed by atoms with Crippen molar-refractivity contribution in [1.29, 1.82) is 0 Å². The molecule has 0 aliphatic heterocycles. The van der Waals surface area contributed by atoms with Crippen molar-refractivity contribution in [1.82, 2.24) is 14.8 Å². The molecule has 0 bridgehead atoms. The van der Waals surface area contributed by atoms with Crippen LogP contribution < -0.4 is 4.90 Å². The Morgan fingerprint density at radius 1 is 1.12 bits per heavy atom. The van der Waals surface area contributed by atoms with E-state index in [0.29, 0.717) is 5.75 Å². The smallest absolute Gasteiger partial charge is 0.237 e. The van der Waals surface area contributed by atoms with Crippen molar-refractivity contribution in [3.05, 3.63) is 72.6 Å². The van der Waals surface area contributed by atoms with Gasteiger partial charge in [0.15, 0.2) is 5.16 Å². The molecule has 3 aromatic rings. The summed E-state index contributed by atoms with van der Waals surface area (Å²) >= 11 is 1.41. The van der Waals surface area contributed by atoms with Crippen molar-refractivity contribution in [2.45, 2.75) is 18.1 Å². The molecule has 0 aliphatic rings. The summed E-state index contributed by atoms with van der Waals surface area (Å²) in [5.74, 6) is 0.337. The highest BCUT2D eigenvalue weighted by molar-refractivity contribution is 7.99. The fraction of sp³-hybridized carbons (Fsp3) is 0.211. The number of benzene rings is 2. The molecule has 0 fully saturated rings. The molecule has 0 saturated heterocycles. The van der Waals surface area contributed by atoms with Gasteiger partial charge in [-0.2, -0.15) is 0 Å². The van der Waals surface area contributed by atoms with Gasteiger partial charge in [-0.05, 0) is 24.6 Å². The fourth-order valence-electron chi connectivity index (χ4n) is 2.51. The van der Waals surface area contributed by atoms with E-state index in [9.17, 15) is 4.79 Å². The van der Waals surface area contributed by atoms with Crippen LogP contribution in [0.25, 0.3) is 0 Å². The Balaban J connectivity index is 1.67. The molecular weight excluding hydrogens is 332 g/mol. The Bertz CT molecular complexity index is 820. The number of anilines is 1. The van der Waals surface area contributed by atoms with Crippen LogP contribution in [-0.4, -0.2) is 33.5 Å². The van der Waals surface area contributed by atoms with E-state index in [-0.39, 0.29) is 11.9 Å². The fourth-order valence-corrected chi connectivity index (χ4v) is 3.42. The first-order chi connectivity index (χ1) is 12.2. The van der Waals surface area contributed by atoms with Crippen molar-refractivity contribution in [2.75, 3.05) is 17.7 Å². The number of carbonyl (C=O) groups excluding carboxylic acids is 1. The van der Waals surface area contributed by atoms with Gasteiger partial charge >= 0.3 is 0 Å². The van der Waals surface area contributed by atoms with Crippen molar-refractivity contribution >= 4 is 23.4 Å².